The second-order valence-corrected chi connectivity index (χ2v) is 4.50. The van der Waals surface area contributed by atoms with Crippen LogP contribution in [0.1, 0.15) is 10.4 Å². The van der Waals surface area contributed by atoms with Crippen molar-refractivity contribution in [2.45, 2.75) is 0 Å². The topological polar surface area (TPSA) is 98.7 Å². The molecule has 2 amide bonds. The molecule has 0 aliphatic rings. The summed E-state index contributed by atoms with van der Waals surface area (Å²) in [6, 6.07) is 9.56. The van der Waals surface area contributed by atoms with Gasteiger partial charge in [0.15, 0.2) is 0 Å². The van der Waals surface area contributed by atoms with E-state index in [1.54, 1.807) is 24.3 Å². The molecule has 0 fully saturated rings. The molecule has 0 saturated heterocycles. The van der Waals surface area contributed by atoms with Gasteiger partial charge in [-0.3, -0.25) is 0 Å². The van der Waals surface area contributed by atoms with Crippen LogP contribution < -0.4 is 10.6 Å². The zero-order chi connectivity index (χ0) is 15.4. The fourth-order valence-corrected chi connectivity index (χ4v) is 1.79. The Labute approximate surface area is 125 Å². The number of carboxylic acids is 1. The molecule has 0 unspecified atom stereocenters. The lowest BCUT2D eigenvalue weighted by molar-refractivity contribution is 0.0697. The van der Waals surface area contributed by atoms with Crippen molar-refractivity contribution >= 4 is 35.0 Å². The quantitative estimate of drug-likeness (QED) is 0.653. The minimum atomic E-state index is -1.16. The number of urea groups is 1. The number of benzene rings is 2. The van der Waals surface area contributed by atoms with Gasteiger partial charge in [-0.15, -0.1) is 0 Å². The van der Waals surface area contributed by atoms with Gasteiger partial charge in [0.2, 0.25) is 0 Å². The Hall–Kier alpha value is -2.73. The van der Waals surface area contributed by atoms with Gasteiger partial charge in [0, 0.05) is 0 Å². The zero-order valence-corrected chi connectivity index (χ0v) is 11.4. The van der Waals surface area contributed by atoms with Crippen LogP contribution in [0.15, 0.2) is 42.5 Å². The van der Waals surface area contributed by atoms with Crippen LogP contribution >= 0.6 is 11.6 Å². The van der Waals surface area contributed by atoms with Crippen molar-refractivity contribution in [3.05, 3.63) is 53.1 Å². The van der Waals surface area contributed by atoms with Crippen molar-refractivity contribution in [3.63, 3.8) is 0 Å². The second-order valence-electron chi connectivity index (χ2n) is 4.10. The summed E-state index contributed by atoms with van der Waals surface area (Å²) in [5, 5.41) is 23.7. The average molecular weight is 307 g/mol. The average Bonchev–Trinajstić information content (AvgIpc) is 2.43. The molecule has 7 heteroatoms. The monoisotopic (exact) mass is 306 g/mol. The highest BCUT2D eigenvalue weighted by atomic mass is 35.5. The molecular weight excluding hydrogens is 296 g/mol. The third kappa shape index (κ3) is 3.64. The predicted octanol–water partition coefficient (Wildman–Crippen LogP) is 3.39. The lowest BCUT2D eigenvalue weighted by atomic mass is 10.2. The summed E-state index contributed by atoms with van der Waals surface area (Å²) in [5.41, 5.74) is 0.325. The van der Waals surface area contributed by atoms with Gasteiger partial charge in [-0.1, -0.05) is 23.7 Å². The normalized spacial score (nSPS) is 9.95. The van der Waals surface area contributed by atoms with Crippen LogP contribution in [0.4, 0.5) is 16.2 Å². The highest BCUT2D eigenvalue weighted by Gasteiger charge is 2.11. The van der Waals surface area contributed by atoms with Gasteiger partial charge in [0.05, 0.1) is 22.0 Å². The molecule has 2 rings (SSSR count). The fraction of sp³-hybridized carbons (Fsp3) is 0. The van der Waals surface area contributed by atoms with Crippen molar-refractivity contribution in [1.29, 1.82) is 0 Å². The van der Waals surface area contributed by atoms with Crippen LogP contribution in [-0.4, -0.2) is 22.2 Å². The maximum absolute atomic E-state index is 11.8. The summed E-state index contributed by atoms with van der Waals surface area (Å²) in [7, 11) is 0. The van der Waals surface area contributed by atoms with E-state index in [-0.39, 0.29) is 17.0 Å². The van der Waals surface area contributed by atoms with Gasteiger partial charge in [0.25, 0.3) is 0 Å². The van der Waals surface area contributed by atoms with E-state index in [4.69, 9.17) is 16.7 Å². The SMILES string of the molecule is O=C(Nc1cc(C(=O)O)ccc1O)Nc1ccccc1Cl. The number of hydrogen-bond acceptors (Lipinski definition) is 3. The number of carbonyl (C=O) groups is 2. The van der Waals surface area contributed by atoms with E-state index in [2.05, 4.69) is 10.6 Å². The number of amides is 2. The van der Waals surface area contributed by atoms with Gasteiger partial charge in [0.1, 0.15) is 5.75 Å². The molecule has 0 aliphatic heterocycles. The Kier molecular flexibility index (Phi) is 4.30. The highest BCUT2D eigenvalue weighted by Crippen LogP contribution is 2.25. The number of aromatic carboxylic acids is 1. The minimum absolute atomic E-state index is 0.0144. The molecule has 2 aromatic rings. The van der Waals surface area contributed by atoms with E-state index in [0.717, 1.165) is 6.07 Å². The van der Waals surface area contributed by atoms with Crippen LogP contribution in [0, 0.1) is 0 Å². The first-order valence-corrected chi connectivity index (χ1v) is 6.24. The lowest BCUT2D eigenvalue weighted by Crippen LogP contribution is -2.20. The number of hydrogen-bond donors (Lipinski definition) is 4. The molecule has 0 radical (unpaired) electrons. The van der Waals surface area contributed by atoms with E-state index in [9.17, 15) is 14.7 Å². The molecule has 4 N–H and O–H groups in total. The molecular formula is C14H11ClN2O4. The summed E-state index contributed by atoms with van der Waals surface area (Å²) in [4.78, 5) is 22.7. The van der Waals surface area contributed by atoms with Crippen molar-refractivity contribution < 1.29 is 19.8 Å². The number of nitrogens with one attached hydrogen (secondary N) is 2. The zero-order valence-electron chi connectivity index (χ0n) is 10.6. The third-order valence-corrected chi connectivity index (χ3v) is 2.94. The first-order chi connectivity index (χ1) is 9.97. The van der Waals surface area contributed by atoms with Crippen LogP contribution in [0.25, 0.3) is 0 Å². The number of para-hydroxylation sites is 1. The Morgan fingerprint density at radius 2 is 1.67 bits per heavy atom. The lowest BCUT2D eigenvalue weighted by Gasteiger charge is -2.10. The first kappa shape index (κ1) is 14.7. The van der Waals surface area contributed by atoms with Crippen molar-refractivity contribution in [2.24, 2.45) is 0 Å². The van der Waals surface area contributed by atoms with Gasteiger partial charge in [-0.2, -0.15) is 0 Å². The van der Waals surface area contributed by atoms with Crippen molar-refractivity contribution in [2.75, 3.05) is 10.6 Å². The number of halogens is 1. The number of rotatable bonds is 3. The second kappa shape index (κ2) is 6.15. The highest BCUT2D eigenvalue weighted by molar-refractivity contribution is 6.33. The molecule has 108 valence electrons. The first-order valence-electron chi connectivity index (χ1n) is 5.86. The number of aromatic hydroxyl groups is 1. The summed E-state index contributed by atoms with van der Waals surface area (Å²) in [6.45, 7) is 0. The van der Waals surface area contributed by atoms with Gasteiger partial charge >= 0.3 is 12.0 Å². The Bertz CT molecular complexity index is 703. The van der Waals surface area contributed by atoms with E-state index in [1.165, 1.54) is 12.1 Å². The molecule has 0 aromatic heterocycles. The van der Waals surface area contributed by atoms with Gasteiger partial charge in [-0.05, 0) is 30.3 Å². The van der Waals surface area contributed by atoms with Crippen molar-refractivity contribution in [1.82, 2.24) is 0 Å². The van der Waals surface area contributed by atoms with Crippen LogP contribution in [0.3, 0.4) is 0 Å². The Morgan fingerprint density at radius 3 is 2.33 bits per heavy atom. The molecule has 0 atom stereocenters. The predicted molar refractivity (Wildman–Crippen MR) is 79.2 cm³/mol. The number of phenols is 1. The molecule has 21 heavy (non-hydrogen) atoms. The van der Waals surface area contributed by atoms with Crippen molar-refractivity contribution in [3.8, 4) is 5.75 Å². The smallest absolute Gasteiger partial charge is 0.335 e. The molecule has 6 nitrogen and oxygen atoms in total. The van der Waals surface area contributed by atoms with E-state index >= 15 is 0 Å². The molecule has 0 heterocycles. The Balaban J connectivity index is 2.15. The molecule has 0 saturated carbocycles. The number of carboxylic acid groups (broad SMARTS) is 1. The summed E-state index contributed by atoms with van der Waals surface area (Å²) in [5.74, 6) is -1.40. The maximum Gasteiger partial charge on any atom is 0.335 e. The van der Waals surface area contributed by atoms with Gasteiger partial charge < -0.3 is 20.8 Å². The summed E-state index contributed by atoms with van der Waals surface area (Å²) < 4.78 is 0. The maximum atomic E-state index is 11.8. The van der Waals surface area contributed by atoms with E-state index in [0.29, 0.717) is 10.7 Å². The third-order valence-electron chi connectivity index (χ3n) is 2.61. The van der Waals surface area contributed by atoms with E-state index in [1.807, 2.05) is 0 Å². The number of carbonyl (C=O) groups excluding carboxylic acids is 1. The number of anilines is 2. The van der Waals surface area contributed by atoms with Gasteiger partial charge in [-0.25, -0.2) is 9.59 Å². The molecule has 0 aliphatic carbocycles. The molecule has 0 spiro atoms. The molecule has 0 bridgehead atoms. The molecule has 2 aromatic carbocycles. The Morgan fingerprint density at radius 1 is 1.00 bits per heavy atom. The standard InChI is InChI=1S/C14H11ClN2O4/c15-9-3-1-2-4-10(9)16-14(21)17-11-7-8(13(19)20)5-6-12(11)18/h1-7,18H,(H,19,20)(H2,16,17,21). The number of phenolic OH excluding ortho intramolecular Hbond substituents is 1. The summed E-state index contributed by atoms with van der Waals surface area (Å²) in [6.07, 6.45) is 0. The van der Waals surface area contributed by atoms with Crippen LogP contribution in [0.5, 0.6) is 5.75 Å². The van der Waals surface area contributed by atoms with Crippen LogP contribution in [-0.2, 0) is 0 Å². The van der Waals surface area contributed by atoms with E-state index < -0.39 is 12.0 Å². The van der Waals surface area contributed by atoms with Crippen LogP contribution in [0.2, 0.25) is 5.02 Å². The largest absolute Gasteiger partial charge is 0.506 e. The minimum Gasteiger partial charge on any atom is -0.506 e. The summed E-state index contributed by atoms with van der Waals surface area (Å²) >= 11 is 5.90. The fourth-order valence-electron chi connectivity index (χ4n) is 1.61.